The van der Waals surface area contributed by atoms with Gasteiger partial charge >= 0.3 is 0 Å². The summed E-state index contributed by atoms with van der Waals surface area (Å²) in [5.74, 6) is 0. The lowest BCUT2D eigenvalue weighted by Gasteiger charge is -2.28. The summed E-state index contributed by atoms with van der Waals surface area (Å²) in [6.07, 6.45) is 5.17. The van der Waals surface area contributed by atoms with Gasteiger partial charge in [0.1, 0.15) is 6.54 Å². The van der Waals surface area contributed by atoms with E-state index in [-0.39, 0.29) is 10.2 Å². The number of fused-ring (bicyclic) bond motifs is 1. The van der Waals surface area contributed by atoms with Crippen LogP contribution >= 0.6 is 0 Å². The van der Waals surface area contributed by atoms with Crippen molar-refractivity contribution >= 4 is 0 Å². The molecule has 0 aromatic rings. The third-order valence-electron chi connectivity index (χ3n) is 2.54. The molecule has 0 aromatic heterocycles. The summed E-state index contributed by atoms with van der Waals surface area (Å²) in [6, 6.07) is 0. The number of hydroxylamine groups is 3. The van der Waals surface area contributed by atoms with Gasteiger partial charge < -0.3 is 9.85 Å². The van der Waals surface area contributed by atoms with Crippen LogP contribution in [0.2, 0.25) is 0 Å². The fourth-order valence-corrected chi connectivity index (χ4v) is 1.63. The first-order valence-electron chi connectivity index (χ1n) is 3.42. The summed E-state index contributed by atoms with van der Waals surface area (Å²) in [6.45, 7) is 3.64. The molecule has 0 bridgehead atoms. The zero-order valence-corrected chi connectivity index (χ0v) is 5.63. The first kappa shape index (κ1) is 5.45. The van der Waals surface area contributed by atoms with Crippen LogP contribution in [0.5, 0.6) is 0 Å². The molecule has 2 aliphatic rings. The maximum atomic E-state index is 11.4. The summed E-state index contributed by atoms with van der Waals surface area (Å²) in [4.78, 5) is 0. The number of hydrogen-bond acceptors (Lipinski definition) is 1. The molecule has 0 amide bonds. The highest BCUT2D eigenvalue weighted by atomic mass is 16.6. The molecule has 0 saturated carbocycles. The van der Waals surface area contributed by atoms with Gasteiger partial charge in [-0.05, 0) is 6.08 Å². The van der Waals surface area contributed by atoms with Crippen LogP contribution in [-0.4, -0.2) is 23.3 Å². The molecule has 2 heteroatoms. The number of quaternary nitrogens is 1. The Labute approximate surface area is 54.9 Å². The van der Waals surface area contributed by atoms with Crippen LogP contribution in [0.4, 0.5) is 0 Å². The Bertz CT molecular complexity index is 174. The zero-order chi connectivity index (χ0) is 6.54. The highest BCUT2D eigenvalue weighted by Gasteiger charge is 2.59. The van der Waals surface area contributed by atoms with Gasteiger partial charge in [-0.2, -0.15) is 0 Å². The summed E-state index contributed by atoms with van der Waals surface area (Å²) >= 11 is 0. The van der Waals surface area contributed by atoms with Crippen molar-refractivity contribution in [3.05, 3.63) is 17.4 Å². The number of hydrogen-bond donors (Lipinski definition) is 0. The average Bonchev–Trinajstić information content (AvgIpc) is 2.33. The Kier molecular flexibility index (Phi) is 0.741. The minimum atomic E-state index is -0.0156. The van der Waals surface area contributed by atoms with Crippen molar-refractivity contribution in [2.24, 2.45) is 0 Å². The highest BCUT2D eigenvalue weighted by molar-refractivity contribution is 5.11. The molecular weight excluding hydrogens is 114 g/mol. The second-order valence-corrected chi connectivity index (χ2v) is 3.32. The van der Waals surface area contributed by atoms with E-state index in [1.165, 1.54) is 0 Å². The fourth-order valence-electron chi connectivity index (χ4n) is 1.63. The molecule has 0 spiro atoms. The van der Waals surface area contributed by atoms with E-state index in [0.29, 0.717) is 0 Å². The SMILES string of the molecule is CC12C=CCC[N+]1([O-])C2. The Morgan fingerprint density at radius 1 is 1.67 bits per heavy atom. The van der Waals surface area contributed by atoms with Gasteiger partial charge in [0.05, 0.1) is 6.54 Å². The topological polar surface area (TPSA) is 23.1 Å². The zero-order valence-electron chi connectivity index (χ0n) is 5.63. The average molecular weight is 125 g/mol. The second kappa shape index (κ2) is 1.22. The molecule has 1 saturated heterocycles. The van der Waals surface area contributed by atoms with Gasteiger partial charge in [0, 0.05) is 13.3 Å². The van der Waals surface area contributed by atoms with Gasteiger partial charge in [0.15, 0.2) is 5.54 Å². The Morgan fingerprint density at radius 2 is 2.44 bits per heavy atom. The standard InChI is InChI=1S/C7H11NO/c1-7-4-2-3-5-8(7,9)6-7/h2,4H,3,5-6H2,1H3. The van der Waals surface area contributed by atoms with E-state index in [1.807, 2.05) is 6.92 Å². The van der Waals surface area contributed by atoms with Crippen molar-refractivity contribution in [2.45, 2.75) is 18.9 Å². The molecule has 2 heterocycles. The third kappa shape index (κ3) is 0.523. The van der Waals surface area contributed by atoms with E-state index >= 15 is 0 Å². The highest BCUT2D eigenvalue weighted by Crippen LogP contribution is 2.44. The van der Waals surface area contributed by atoms with Gasteiger partial charge in [-0.25, -0.2) is 0 Å². The predicted molar refractivity (Wildman–Crippen MR) is 35.5 cm³/mol. The van der Waals surface area contributed by atoms with E-state index in [4.69, 9.17) is 0 Å². The molecule has 2 aliphatic heterocycles. The van der Waals surface area contributed by atoms with Gasteiger partial charge in [0.25, 0.3) is 0 Å². The molecule has 9 heavy (non-hydrogen) atoms. The van der Waals surface area contributed by atoms with Crippen molar-refractivity contribution < 1.29 is 4.65 Å². The lowest BCUT2D eigenvalue weighted by atomic mass is 10.1. The maximum Gasteiger partial charge on any atom is 0.165 e. The molecule has 2 unspecified atom stereocenters. The lowest BCUT2D eigenvalue weighted by molar-refractivity contribution is -0.771. The van der Waals surface area contributed by atoms with Crippen molar-refractivity contribution in [1.29, 1.82) is 0 Å². The summed E-state index contributed by atoms with van der Waals surface area (Å²) in [7, 11) is 0. The molecule has 0 aromatic carbocycles. The summed E-state index contributed by atoms with van der Waals surface area (Å²) in [5.41, 5.74) is -0.0156. The number of nitrogens with zero attached hydrogens (tertiary/aromatic N) is 1. The molecule has 0 radical (unpaired) electrons. The van der Waals surface area contributed by atoms with Gasteiger partial charge in [-0.1, -0.05) is 6.08 Å². The molecule has 2 nitrogen and oxygen atoms in total. The minimum absolute atomic E-state index is 0.0156. The van der Waals surface area contributed by atoms with Crippen LogP contribution in [-0.2, 0) is 0 Å². The summed E-state index contributed by atoms with van der Waals surface area (Å²) in [5, 5.41) is 11.4. The van der Waals surface area contributed by atoms with Crippen molar-refractivity contribution in [2.75, 3.05) is 13.1 Å². The fraction of sp³-hybridized carbons (Fsp3) is 0.714. The van der Waals surface area contributed by atoms with E-state index in [9.17, 15) is 5.21 Å². The van der Waals surface area contributed by atoms with Gasteiger partial charge in [-0.3, -0.25) is 0 Å². The molecular formula is C7H11NO. The Balaban J connectivity index is 2.30. The summed E-state index contributed by atoms with van der Waals surface area (Å²) < 4.78 is 0.0451. The first-order chi connectivity index (χ1) is 4.16. The monoisotopic (exact) mass is 125 g/mol. The van der Waals surface area contributed by atoms with Crippen LogP contribution in [0.25, 0.3) is 0 Å². The Hall–Kier alpha value is -0.340. The molecule has 50 valence electrons. The van der Waals surface area contributed by atoms with E-state index < -0.39 is 0 Å². The third-order valence-corrected chi connectivity index (χ3v) is 2.54. The minimum Gasteiger partial charge on any atom is -0.632 e. The van der Waals surface area contributed by atoms with Crippen LogP contribution in [0.1, 0.15) is 13.3 Å². The Morgan fingerprint density at radius 3 is 2.89 bits per heavy atom. The molecule has 2 atom stereocenters. The van der Waals surface area contributed by atoms with E-state index in [0.717, 1.165) is 19.5 Å². The van der Waals surface area contributed by atoms with Crippen LogP contribution in [0, 0.1) is 5.21 Å². The molecule has 2 rings (SSSR count). The van der Waals surface area contributed by atoms with Crippen molar-refractivity contribution in [3.63, 3.8) is 0 Å². The molecule has 0 aliphatic carbocycles. The van der Waals surface area contributed by atoms with E-state index in [2.05, 4.69) is 12.2 Å². The molecule has 1 fully saturated rings. The van der Waals surface area contributed by atoms with Crippen molar-refractivity contribution in [1.82, 2.24) is 0 Å². The first-order valence-corrected chi connectivity index (χ1v) is 3.42. The van der Waals surface area contributed by atoms with Crippen LogP contribution in [0.3, 0.4) is 0 Å². The van der Waals surface area contributed by atoms with Gasteiger partial charge in [-0.15, -0.1) is 0 Å². The van der Waals surface area contributed by atoms with Crippen molar-refractivity contribution in [3.8, 4) is 0 Å². The molecule has 0 N–H and O–H groups in total. The quantitative estimate of drug-likeness (QED) is 0.205. The second-order valence-electron chi connectivity index (χ2n) is 3.32. The maximum absolute atomic E-state index is 11.4. The smallest absolute Gasteiger partial charge is 0.165 e. The van der Waals surface area contributed by atoms with Gasteiger partial charge in [0.2, 0.25) is 0 Å². The van der Waals surface area contributed by atoms with Crippen LogP contribution in [0.15, 0.2) is 12.2 Å². The van der Waals surface area contributed by atoms with E-state index in [1.54, 1.807) is 0 Å². The number of rotatable bonds is 0. The normalized spacial score (nSPS) is 54.9. The largest absolute Gasteiger partial charge is 0.632 e. The lowest BCUT2D eigenvalue weighted by Crippen LogP contribution is -2.30. The predicted octanol–water partition coefficient (Wildman–Crippen LogP) is 1.03. The van der Waals surface area contributed by atoms with Crippen LogP contribution < -0.4 is 0 Å².